The molecule has 1 aromatic rings. The molecule has 1 rings (SSSR count). The monoisotopic (exact) mass is 288 g/mol. The van der Waals surface area contributed by atoms with Crippen LogP contribution in [-0.4, -0.2) is 18.5 Å². The topological polar surface area (TPSA) is 55.1 Å². The molecule has 0 radical (unpaired) electrons. The molecule has 3 N–H and O–H groups in total. The van der Waals surface area contributed by atoms with Crippen LogP contribution >= 0.6 is 0 Å². The SMILES string of the molecule is CC(C)(C)C(CN)NC(=O)c1ccc(C(F)(F)F)cc1. The second-order valence-electron chi connectivity index (χ2n) is 5.70. The van der Waals surface area contributed by atoms with Gasteiger partial charge in [0, 0.05) is 18.2 Å². The molecule has 0 aliphatic carbocycles. The highest BCUT2D eigenvalue weighted by Crippen LogP contribution is 2.29. The fraction of sp³-hybridized carbons (Fsp3) is 0.500. The minimum atomic E-state index is -4.40. The molecule has 0 fully saturated rings. The van der Waals surface area contributed by atoms with Gasteiger partial charge in [-0.1, -0.05) is 20.8 Å². The summed E-state index contributed by atoms with van der Waals surface area (Å²) < 4.78 is 37.3. The number of nitrogens with two attached hydrogens (primary N) is 1. The van der Waals surface area contributed by atoms with E-state index >= 15 is 0 Å². The van der Waals surface area contributed by atoms with Gasteiger partial charge in [0.15, 0.2) is 0 Å². The van der Waals surface area contributed by atoms with E-state index in [1.165, 1.54) is 0 Å². The van der Waals surface area contributed by atoms with Crippen LogP contribution in [0.5, 0.6) is 0 Å². The molecule has 6 heteroatoms. The number of carbonyl (C=O) groups is 1. The summed E-state index contributed by atoms with van der Waals surface area (Å²) in [7, 11) is 0. The Morgan fingerprint density at radius 1 is 1.20 bits per heavy atom. The van der Waals surface area contributed by atoms with Gasteiger partial charge in [0.2, 0.25) is 0 Å². The lowest BCUT2D eigenvalue weighted by Gasteiger charge is -2.30. The molecule has 0 spiro atoms. The van der Waals surface area contributed by atoms with E-state index in [4.69, 9.17) is 5.73 Å². The van der Waals surface area contributed by atoms with E-state index in [1.54, 1.807) is 0 Å². The zero-order chi connectivity index (χ0) is 15.6. The summed E-state index contributed by atoms with van der Waals surface area (Å²) in [5, 5.41) is 2.74. The molecule has 0 aliphatic rings. The van der Waals surface area contributed by atoms with Crippen LogP contribution in [0.4, 0.5) is 13.2 Å². The van der Waals surface area contributed by atoms with Crippen molar-refractivity contribution in [3.63, 3.8) is 0 Å². The van der Waals surface area contributed by atoms with Gasteiger partial charge in [-0.15, -0.1) is 0 Å². The minimum Gasteiger partial charge on any atom is -0.348 e. The van der Waals surface area contributed by atoms with E-state index in [0.717, 1.165) is 24.3 Å². The van der Waals surface area contributed by atoms with Gasteiger partial charge < -0.3 is 11.1 Å². The van der Waals surface area contributed by atoms with Gasteiger partial charge in [-0.3, -0.25) is 4.79 Å². The Labute approximate surface area is 116 Å². The smallest absolute Gasteiger partial charge is 0.348 e. The summed E-state index contributed by atoms with van der Waals surface area (Å²) in [6.07, 6.45) is -4.40. The fourth-order valence-electron chi connectivity index (χ4n) is 1.68. The van der Waals surface area contributed by atoms with Crippen molar-refractivity contribution in [1.82, 2.24) is 5.32 Å². The number of carbonyl (C=O) groups excluding carboxylic acids is 1. The molecule has 0 bridgehead atoms. The molecule has 3 nitrogen and oxygen atoms in total. The molecule has 1 atom stereocenters. The molecule has 1 aromatic carbocycles. The van der Waals surface area contributed by atoms with Crippen LogP contribution in [0, 0.1) is 5.41 Å². The van der Waals surface area contributed by atoms with Crippen molar-refractivity contribution in [2.45, 2.75) is 33.0 Å². The number of amides is 1. The van der Waals surface area contributed by atoms with E-state index in [-0.39, 0.29) is 23.6 Å². The lowest BCUT2D eigenvalue weighted by molar-refractivity contribution is -0.137. The minimum absolute atomic E-state index is 0.181. The first kappa shape index (κ1) is 16.5. The summed E-state index contributed by atoms with van der Waals surface area (Å²) >= 11 is 0. The molecule has 20 heavy (non-hydrogen) atoms. The zero-order valence-corrected chi connectivity index (χ0v) is 11.7. The summed E-state index contributed by atoms with van der Waals surface area (Å²) in [5.74, 6) is -0.427. The quantitative estimate of drug-likeness (QED) is 0.898. The third-order valence-corrected chi connectivity index (χ3v) is 3.06. The lowest BCUT2D eigenvalue weighted by Crippen LogP contribution is -2.48. The first-order valence-electron chi connectivity index (χ1n) is 6.24. The molecule has 0 heterocycles. The Hall–Kier alpha value is -1.56. The Morgan fingerprint density at radius 3 is 2.05 bits per heavy atom. The molecule has 1 amide bonds. The van der Waals surface area contributed by atoms with Crippen LogP contribution in [-0.2, 0) is 6.18 Å². The van der Waals surface area contributed by atoms with Crippen molar-refractivity contribution in [2.75, 3.05) is 6.54 Å². The highest BCUT2D eigenvalue weighted by molar-refractivity contribution is 5.94. The standard InChI is InChI=1S/C14H19F3N2O/c1-13(2,3)11(8-18)19-12(20)9-4-6-10(7-5-9)14(15,16)17/h4-7,11H,8,18H2,1-3H3,(H,19,20). The van der Waals surface area contributed by atoms with Gasteiger partial charge in [-0.25, -0.2) is 0 Å². The molecule has 0 aromatic heterocycles. The van der Waals surface area contributed by atoms with E-state index < -0.39 is 17.6 Å². The Bertz CT molecular complexity index is 461. The van der Waals surface area contributed by atoms with Gasteiger partial charge >= 0.3 is 6.18 Å². The van der Waals surface area contributed by atoms with Crippen LogP contribution in [0.1, 0.15) is 36.7 Å². The summed E-state index contributed by atoms with van der Waals surface area (Å²) in [6, 6.07) is 3.85. The molecular weight excluding hydrogens is 269 g/mol. The Morgan fingerprint density at radius 2 is 1.70 bits per heavy atom. The molecular formula is C14H19F3N2O. The molecule has 0 saturated heterocycles. The second kappa shape index (κ2) is 5.83. The number of nitrogens with one attached hydrogen (secondary N) is 1. The summed E-state index contributed by atoms with van der Waals surface area (Å²) in [5.41, 5.74) is 4.78. The predicted molar refractivity (Wildman–Crippen MR) is 71.2 cm³/mol. The number of hydrogen-bond acceptors (Lipinski definition) is 2. The number of alkyl halides is 3. The van der Waals surface area contributed by atoms with Crippen molar-refractivity contribution in [3.8, 4) is 0 Å². The van der Waals surface area contributed by atoms with Gasteiger partial charge in [0.25, 0.3) is 5.91 Å². The Balaban J connectivity index is 2.83. The maximum Gasteiger partial charge on any atom is 0.416 e. The average Bonchev–Trinajstić information content (AvgIpc) is 2.33. The molecule has 112 valence electrons. The maximum absolute atomic E-state index is 12.4. The third kappa shape index (κ3) is 4.23. The predicted octanol–water partition coefficient (Wildman–Crippen LogP) is 2.81. The second-order valence-corrected chi connectivity index (χ2v) is 5.70. The number of rotatable bonds is 3. The van der Waals surface area contributed by atoms with Crippen molar-refractivity contribution < 1.29 is 18.0 Å². The van der Waals surface area contributed by atoms with E-state index in [9.17, 15) is 18.0 Å². The van der Waals surface area contributed by atoms with Crippen LogP contribution < -0.4 is 11.1 Å². The fourth-order valence-corrected chi connectivity index (χ4v) is 1.68. The largest absolute Gasteiger partial charge is 0.416 e. The molecule has 1 unspecified atom stereocenters. The van der Waals surface area contributed by atoms with Crippen LogP contribution in [0.2, 0.25) is 0 Å². The maximum atomic E-state index is 12.4. The Kier molecular flexibility index (Phi) is 4.81. The van der Waals surface area contributed by atoms with Crippen molar-refractivity contribution in [3.05, 3.63) is 35.4 Å². The van der Waals surface area contributed by atoms with Gasteiger partial charge in [0.05, 0.1) is 5.56 Å². The summed E-state index contributed by atoms with van der Waals surface area (Å²) in [6.45, 7) is 6.04. The van der Waals surface area contributed by atoms with E-state index in [1.807, 2.05) is 20.8 Å². The summed E-state index contributed by atoms with van der Waals surface area (Å²) in [4.78, 5) is 12.0. The molecule has 0 aliphatic heterocycles. The van der Waals surface area contributed by atoms with Gasteiger partial charge in [-0.2, -0.15) is 13.2 Å². The van der Waals surface area contributed by atoms with Crippen molar-refractivity contribution in [1.29, 1.82) is 0 Å². The van der Waals surface area contributed by atoms with Crippen molar-refractivity contribution >= 4 is 5.91 Å². The normalized spacial score (nSPS) is 13.9. The third-order valence-electron chi connectivity index (χ3n) is 3.06. The number of hydrogen-bond donors (Lipinski definition) is 2. The lowest BCUT2D eigenvalue weighted by atomic mass is 9.86. The van der Waals surface area contributed by atoms with Crippen LogP contribution in [0.3, 0.4) is 0 Å². The van der Waals surface area contributed by atoms with Crippen molar-refractivity contribution in [2.24, 2.45) is 11.1 Å². The number of benzene rings is 1. The molecule has 0 saturated carbocycles. The van der Waals surface area contributed by atoms with E-state index in [0.29, 0.717) is 0 Å². The average molecular weight is 288 g/mol. The van der Waals surface area contributed by atoms with Crippen LogP contribution in [0.15, 0.2) is 24.3 Å². The zero-order valence-electron chi connectivity index (χ0n) is 11.7. The van der Waals surface area contributed by atoms with E-state index in [2.05, 4.69) is 5.32 Å². The van der Waals surface area contributed by atoms with Gasteiger partial charge in [-0.05, 0) is 29.7 Å². The van der Waals surface area contributed by atoms with Gasteiger partial charge in [0.1, 0.15) is 0 Å². The highest BCUT2D eigenvalue weighted by Gasteiger charge is 2.30. The first-order chi connectivity index (χ1) is 9.05. The first-order valence-corrected chi connectivity index (χ1v) is 6.24. The number of halogens is 3. The van der Waals surface area contributed by atoms with Crippen LogP contribution in [0.25, 0.3) is 0 Å². The highest BCUT2D eigenvalue weighted by atomic mass is 19.4.